The average Bonchev–Trinajstić information content (AvgIpc) is 3.40. The van der Waals surface area contributed by atoms with Gasteiger partial charge >= 0.3 is 0 Å². The van der Waals surface area contributed by atoms with Crippen LogP contribution in [0.3, 0.4) is 0 Å². The second-order valence-electron chi connectivity index (χ2n) is 9.16. The van der Waals surface area contributed by atoms with E-state index in [9.17, 15) is 4.79 Å². The van der Waals surface area contributed by atoms with Crippen LogP contribution in [0.1, 0.15) is 77.0 Å². The predicted octanol–water partition coefficient (Wildman–Crippen LogP) is 3.87. The third-order valence-electron chi connectivity index (χ3n) is 7.29. The summed E-state index contributed by atoms with van der Waals surface area (Å²) in [4.78, 5) is 17.7. The Kier molecular flexibility index (Phi) is 4.81. The smallest absolute Gasteiger partial charge is 0.252 e. The van der Waals surface area contributed by atoms with Crippen LogP contribution in [0.2, 0.25) is 0 Å². The number of thiophene rings is 1. The van der Waals surface area contributed by atoms with E-state index >= 15 is 0 Å². The molecule has 1 aromatic heterocycles. The molecule has 0 radical (unpaired) electrons. The molecule has 2 saturated carbocycles. The van der Waals surface area contributed by atoms with Crippen LogP contribution in [0.5, 0.6) is 0 Å². The third-order valence-corrected chi connectivity index (χ3v) is 8.84. The van der Waals surface area contributed by atoms with Crippen LogP contribution < -0.4 is 5.32 Å². The minimum absolute atomic E-state index is 0.146. The molecular formula is C22H32N2O2S. The molecule has 1 atom stereocenters. The monoisotopic (exact) mass is 388 g/mol. The number of hydrogen-bond acceptors (Lipinski definition) is 4. The van der Waals surface area contributed by atoms with Crippen molar-refractivity contribution in [2.45, 2.75) is 83.0 Å². The fourth-order valence-electron chi connectivity index (χ4n) is 5.39. The van der Waals surface area contributed by atoms with E-state index in [-0.39, 0.29) is 5.91 Å². The first kappa shape index (κ1) is 18.1. The van der Waals surface area contributed by atoms with E-state index in [0.29, 0.717) is 18.1 Å². The Hall–Kier alpha value is -0.910. The summed E-state index contributed by atoms with van der Waals surface area (Å²) in [7, 11) is 0. The van der Waals surface area contributed by atoms with Gasteiger partial charge in [0.15, 0.2) is 0 Å². The van der Waals surface area contributed by atoms with Gasteiger partial charge < -0.3 is 10.1 Å². The first-order valence-electron chi connectivity index (χ1n) is 10.9. The first-order valence-corrected chi connectivity index (χ1v) is 11.7. The average molecular weight is 389 g/mol. The van der Waals surface area contributed by atoms with Crippen molar-refractivity contribution in [3.8, 4) is 0 Å². The van der Waals surface area contributed by atoms with Crippen LogP contribution in [0.25, 0.3) is 0 Å². The molecule has 0 spiro atoms. The van der Waals surface area contributed by atoms with E-state index in [0.717, 1.165) is 43.6 Å². The quantitative estimate of drug-likeness (QED) is 0.833. The Balaban J connectivity index is 1.17. The third kappa shape index (κ3) is 3.47. The summed E-state index contributed by atoms with van der Waals surface area (Å²) in [5.74, 6) is 1.49. The molecule has 27 heavy (non-hydrogen) atoms. The molecule has 5 rings (SSSR count). The van der Waals surface area contributed by atoms with Crippen molar-refractivity contribution in [1.82, 2.24) is 10.2 Å². The van der Waals surface area contributed by atoms with Crippen molar-refractivity contribution in [2.24, 2.45) is 5.92 Å². The number of ether oxygens (including phenoxy) is 1. The van der Waals surface area contributed by atoms with Crippen LogP contribution >= 0.6 is 11.3 Å². The van der Waals surface area contributed by atoms with Gasteiger partial charge in [-0.3, -0.25) is 9.69 Å². The number of carbonyl (C=O) groups excluding carboxylic acids is 1. The number of carbonyl (C=O) groups is 1. The van der Waals surface area contributed by atoms with E-state index in [2.05, 4.69) is 24.1 Å². The molecule has 1 amide bonds. The van der Waals surface area contributed by atoms with Gasteiger partial charge in [-0.1, -0.05) is 6.92 Å². The van der Waals surface area contributed by atoms with Crippen LogP contribution in [0.4, 0.5) is 0 Å². The number of hydrogen-bond donors (Lipinski definition) is 1. The van der Waals surface area contributed by atoms with Crippen LogP contribution in [0.15, 0.2) is 0 Å². The molecule has 1 saturated heterocycles. The lowest BCUT2D eigenvalue weighted by Crippen LogP contribution is -2.57. The maximum absolute atomic E-state index is 12.3. The molecule has 148 valence electrons. The highest BCUT2D eigenvalue weighted by molar-refractivity contribution is 7.12. The Bertz CT molecular complexity index is 712. The number of amides is 1. The zero-order valence-electron chi connectivity index (χ0n) is 16.6. The van der Waals surface area contributed by atoms with Gasteiger partial charge in [-0.05, 0) is 69.3 Å². The zero-order valence-corrected chi connectivity index (χ0v) is 17.4. The second kappa shape index (κ2) is 7.16. The Labute approximate surface area is 166 Å². The molecular weight excluding hydrogens is 356 g/mol. The highest BCUT2D eigenvalue weighted by atomic mass is 32.1. The molecule has 3 fully saturated rings. The molecule has 5 heteroatoms. The van der Waals surface area contributed by atoms with E-state index in [1.165, 1.54) is 53.8 Å². The fourth-order valence-corrected chi connectivity index (χ4v) is 6.84. The van der Waals surface area contributed by atoms with Crippen molar-refractivity contribution in [3.05, 3.63) is 20.9 Å². The summed E-state index contributed by atoms with van der Waals surface area (Å²) < 4.78 is 6.02. The van der Waals surface area contributed by atoms with Gasteiger partial charge in [0.25, 0.3) is 5.91 Å². The minimum atomic E-state index is 0.146. The molecule has 2 aliphatic carbocycles. The predicted molar refractivity (Wildman–Crippen MR) is 109 cm³/mol. The Morgan fingerprint density at radius 3 is 2.52 bits per heavy atom. The molecule has 3 heterocycles. The van der Waals surface area contributed by atoms with E-state index in [1.807, 2.05) is 11.3 Å². The highest BCUT2D eigenvalue weighted by Crippen LogP contribution is 2.43. The standard InChI is InChI=1S/C22H32N2O2S/c1-13(21-14(2)20-19(27-21)9-10-23-22(20)25)15-3-5-16(6-4-15)24-11-18(12-24)26-17-7-8-17/h13,15-18H,3-12H2,1-2H3,(H,23,25)/t13-,15?,16?/m1/s1. The molecule has 0 bridgehead atoms. The Morgan fingerprint density at radius 2 is 1.85 bits per heavy atom. The normalized spacial score (nSPS) is 30.5. The van der Waals surface area contributed by atoms with Gasteiger partial charge in [0, 0.05) is 35.4 Å². The van der Waals surface area contributed by atoms with Crippen molar-refractivity contribution >= 4 is 17.2 Å². The number of likely N-dealkylation sites (tertiary alicyclic amines) is 1. The molecule has 1 aromatic rings. The zero-order chi connectivity index (χ0) is 18.5. The molecule has 1 N–H and O–H groups in total. The molecule has 2 aliphatic heterocycles. The topological polar surface area (TPSA) is 41.6 Å². The van der Waals surface area contributed by atoms with Crippen molar-refractivity contribution in [2.75, 3.05) is 19.6 Å². The Morgan fingerprint density at radius 1 is 1.11 bits per heavy atom. The van der Waals surface area contributed by atoms with E-state index < -0.39 is 0 Å². The van der Waals surface area contributed by atoms with E-state index in [1.54, 1.807) is 0 Å². The lowest BCUT2D eigenvalue weighted by atomic mass is 9.76. The van der Waals surface area contributed by atoms with Crippen molar-refractivity contribution in [3.63, 3.8) is 0 Å². The highest BCUT2D eigenvalue weighted by Gasteiger charge is 2.39. The largest absolute Gasteiger partial charge is 0.372 e. The van der Waals surface area contributed by atoms with Crippen LogP contribution in [-0.4, -0.2) is 48.7 Å². The van der Waals surface area contributed by atoms with Gasteiger partial charge in [0.1, 0.15) is 0 Å². The van der Waals surface area contributed by atoms with Crippen LogP contribution in [-0.2, 0) is 11.2 Å². The van der Waals surface area contributed by atoms with Gasteiger partial charge in [-0.15, -0.1) is 11.3 Å². The summed E-state index contributed by atoms with van der Waals surface area (Å²) in [5.41, 5.74) is 2.24. The summed E-state index contributed by atoms with van der Waals surface area (Å²) in [6.45, 7) is 7.68. The van der Waals surface area contributed by atoms with E-state index in [4.69, 9.17) is 4.74 Å². The molecule has 0 unspecified atom stereocenters. The maximum Gasteiger partial charge on any atom is 0.252 e. The van der Waals surface area contributed by atoms with Crippen molar-refractivity contribution in [1.29, 1.82) is 0 Å². The summed E-state index contributed by atoms with van der Waals surface area (Å²) in [6.07, 6.45) is 9.99. The number of nitrogens with zero attached hydrogens (tertiary/aromatic N) is 1. The lowest BCUT2D eigenvalue weighted by molar-refractivity contribution is -0.0860. The number of fused-ring (bicyclic) bond motifs is 1. The van der Waals surface area contributed by atoms with Crippen LogP contribution in [0, 0.1) is 12.8 Å². The summed E-state index contributed by atoms with van der Waals surface area (Å²) in [5, 5.41) is 3.01. The second-order valence-corrected chi connectivity index (χ2v) is 10.3. The maximum atomic E-state index is 12.3. The SMILES string of the molecule is Cc1c([C@H](C)C2CCC(N3CC(OC4CC4)C3)CC2)sc2c1C(=O)NCC2. The molecule has 0 aromatic carbocycles. The van der Waals surface area contributed by atoms with Crippen molar-refractivity contribution < 1.29 is 9.53 Å². The van der Waals surface area contributed by atoms with Gasteiger partial charge in [-0.2, -0.15) is 0 Å². The first-order chi connectivity index (χ1) is 13.1. The fraction of sp³-hybridized carbons (Fsp3) is 0.773. The van der Waals surface area contributed by atoms with Gasteiger partial charge in [0.2, 0.25) is 0 Å². The van der Waals surface area contributed by atoms with Gasteiger partial charge in [-0.25, -0.2) is 0 Å². The lowest BCUT2D eigenvalue weighted by Gasteiger charge is -2.47. The summed E-state index contributed by atoms with van der Waals surface area (Å²) >= 11 is 1.91. The molecule has 4 aliphatic rings. The van der Waals surface area contributed by atoms with Gasteiger partial charge in [0.05, 0.1) is 17.8 Å². The number of nitrogens with one attached hydrogen (secondary N) is 1. The summed E-state index contributed by atoms with van der Waals surface area (Å²) in [6, 6.07) is 0.774. The minimum Gasteiger partial charge on any atom is -0.372 e. The number of rotatable bonds is 5. The molecule has 4 nitrogen and oxygen atoms in total.